The molecule has 0 radical (unpaired) electrons. The molecular formula is C23H19N7O6. The number of anilines is 1. The van der Waals surface area contributed by atoms with E-state index in [-0.39, 0.29) is 11.4 Å². The Balaban J connectivity index is 1.49. The van der Waals surface area contributed by atoms with Crippen LogP contribution in [0.2, 0.25) is 0 Å². The zero-order valence-corrected chi connectivity index (χ0v) is 19.3. The SMILES string of the molecule is Cc1nn(-c2cc(Oc3ccc(NC(=O)c4cc([N+](=O)[O-])cc([N+](=O)[O-])c4)cc3)ncn2)c(C)c1C. The van der Waals surface area contributed by atoms with Gasteiger partial charge < -0.3 is 10.1 Å². The number of amides is 1. The average Bonchev–Trinajstić information content (AvgIpc) is 3.12. The summed E-state index contributed by atoms with van der Waals surface area (Å²) in [5.74, 6) is 0.513. The first-order valence-electron chi connectivity index (χ1n) is 10.5. The van der Waals surface area contributed by atoms with Crippen LogP contribution in [0, 0.1) is 41.0 Å². The Kier molecular flexibility index (Phi) is 6.37. The first kappa shape index (κ1) is 23.9. The van der Waals surface area contributed by atoms with Gasteiger partial charge in [-0.1, -0.05) is 0 Å². The fraction of sp³-hybridized carbons (Fsp3) is 0.130. The summed E-state index contributed by atoms with van der Waals surface area (Å²) in [6.45, 7) is 5.84. The molecule has 4 aromatic rings. The van der Waals surface area contributed by atoms with Crippen LogP contribution in [0.3, 0.4) is 0 Å². The zero-order chi connectivity index (χ0) is 26.0. The molecule has 0 bridgehead atoms. The van der Waals surface area contributed by atoms with E-state index in [4.69, 9.17) is 4.74 Å². The van der Waals surface area contributed by atoms with Crippen molar-refractivity contribution < 1.29 is 19.4 Å². The third-order valence-corrected chi connectivity index (χ3v) is 5.42. The Bertz CT molecular complexity index is 1470. The minimum absolute atomic E-state index is 0.218. The van der Waals surface area contributed by atoms with Crippen molar-refractivity contribution in [3.8, 4) is 17.4 Å². The Morgan fingerprint density at radius 2 is 1.58 bits per heavy atom. The number of aromatic nitrogens is 4. The number of rotatable bonds is 7. The second-order valence-corrected chi connectivity index (χ2v) is 7.75. The summed E-state index contributed by atoms with van der Waals surface area (Å²) in [5, 5.41) is 29.1. The molecule has 13 nitrogen and oxygen atoms in total. The first-order valence-corrected chi connectivity index (χ1v) is 10.5. The van der Waals surface area contributed by atoms with Gasteiger partial charge in [-0.25, -0.2) is 14.6 Å². The Morgan fingerprint density at radius 3 is 2.14 bits per heavy atom. The number of non-ortho nitro benzene ring substituents is 2. The topological polar surface area (TPSA) is 168 Å². The number of hydrogen-bond donors (Lipinski definition) is 1. The summed E-state index contributed by atoms with van der Waals surface area (Å²) < 4.78 is 7.50. The van der Waals surface area contributed by atoms with E-state index in [1.807, 2.05) is 20.8 Å². The van der Waals surface area contributed by atoms with Gasteiger partial charge in [0.2, 0.25) is 5.88 Å². The lowest BCUT2D eigenvalue weighted by Crippen LogP contribution is -2.12. The van der Waals surface area contributed by atoms with Crippen LogP contribution in [0.4, 0.5) is 17.1 Å². The third kappa shape index (κ3) is 4.99. The van der Waals surface area contributed by atoms with Crippen molar-refractivity contribution in [3.05, 3.63) is 97.6 Å². The highest BCUT2D eigenvalue weighted by Crippen LogP contribution is 2.26. The monoisotopic (exact) mass is 489 g/mol. The van der Waals surface area contributed by atoms with E-state index in [1.54, 1.807) is 35.0 Å². The number of aryl methyl sites for hydroxylation is 1. The molecule has 0 saturated heterocycles. The summed E-state index contributed by atoms with van der Waals surface area (Å²) in [4.78, 5) is 41.4. The molecule has 0 aliphatic rings. The number of nitro benzene ring substituents is 2. The summed E-state index contributed by atoms with van der Waals surface area (Å²) in [5.41, 5.74) is 1.92. The van der Waals surface area contributed by atoms with Gasteiger partial charge in [0.1, 0.15) is 12.1 Å². The molecule has 1 N–H and O–H groups in total. The lowest BCUT2D eigenvalue weighted by Gasteiger charge is -2.09. The molecule has 2 heterocycles. The number of hydrogen-bond acceptors (Lipinski definition) is 9. The van der Waals surface area contributed by atoms with Crippen molar-refractivity contribution >= 4 is 23.0 Å². The van der Waals surface area contributed by atoms with Crippen molar-refractivity contribution in [2.24, 2.45) is 0 Å². The van der Waals surface area contributed by atoms with E-state index in [0.29, 0.717) is 17.3 Å². The zero-order valence-electron chi connectivity index (χ0n) is 19.3. The number of benzene rings is 2. The van der Waals surface area contributed by atoms with E-state index < -0.39 is 27.1 Å². The van der Waals surface area contributed by atoms with Gasteiger partial charge >= 0.3 is 0 Å². The van der Waals surface area contributed by atoms with Crippen molar-refractivity contribution in [1.29, 1.82) is 0 Å². The fourth-order valence-electron chi connectivity index (χ4n) is 3.31. The molecule has 182 valence electrons. The largest absolute Gasteiger partial charge is 0.439 e. The maximum Gasteiger partial charge on any atom is 0.277 e. The normalized spacial score (nSPS) is 10.6. The second kappa shape index (κ2) is 9.58. The minimum atomic E-state index is -0.801. The molecule has 0 atom stereocenters. The van der Waals surface area contributed by atoms with Gasteiger partial charge in [0.05, 0.1) is 27.2 Å². The number of nitro groups is 2. The molecule has 0 aliphatic heterocycles. The molecule has 36 heavy (non-hydrogen) atoms. The standard InChI is InChI=1S/C23H19N7O6/c1-13-14(2)27-28(15(13)3)21-11-22(25-12-24-21)36-20-6-4-17(5-7-20)26-23(31)16-8-18(29(32)33)10-19(9-16)30(34)35/h4-12H,1-3H3,(H,26,31). The van der Waals surface area contributed by atoms with Crippen LogP contribution in [-0.4, -0.2) is 35.5 Å². The predicted molar refractivity (Wildman–Crippen MR) is 128 cm³/mol. The van der Waals surface area contributed by atoms with Crippen molar-refractivity contribution in [2.75, 3.05) is 5.32 Å². The predicted octanol–water partition coefficient (Wildman–Crippen LogP) is 4.45. The highest BCUT2D eigenvalue weighted by molar-refractivity contribution is 6.05. The Labute approximate surface area is 203 Å². The summed E-state index contributed by atoms with van der Waals surface area (Å²) in [6, 6.07) is 10.6. The number of nitrogens with zero attached hydrogens (tertiary/aromatic N) is 6. The van der Waals surface area contributed by atoms with Gasteiger partial charge in [0.15, 0.2) is 5.82 Å². The Hall–Kier alpha value is -5.20. The smallest absolute Gasteiger partial charge is 0.277 e. The molecule has 0 saturated carbocycles. The molecule has 2 aromatic heterocycles. The van der Waals surface area contributed by atoms with Crippen molar-refractivity contribution in [1.82, 2.24) is 19.7 Å². The second-order valence-electron chi connectivity index (χ2n) is 7.75. The highest BCUT2D eigenvalue weighted by Gasteiger charge is 2.20. The molecule has 0 spiro atoms. The molecular weight excluding hydrogens is 470 g/mol. The molecule has 0 unspecified atom stereocenters. The molecule has 13 heteroatoms. The number of carbonyl (C=O) groups is 1. The van der Waals surface area contributed by atoms with Gasteiger partial charge in [-0.3, -0.25) is 25.0 Å². The lowest BCUT2D eigenvalue weighted by atomic mass is 10.1. The van der Waals surface area contributed by atoms with Crippen LogP contribution in [0.1, 0.15) is 27.3 Å². The van der Waals surface area contributed by atoms with Crippen LogP contribution >= 0.6 is 0 Å². The molecule has 1 amide bonds. The molecule has 2 aromatic carbocycles. The maximum absolute atomic E-state index is 12.6. The molecule has 0 aliphatic carbocycles. The van der Waals surface area contributed by atoms with Crippen LogP contribution in [0.25, 0.3) is 5.82 Å². The van der Waals surface area contributed by atoms with Gasteiger partial charge in [0, 0.05) is 29.6 Å². The molecule has 4 rings (SSSR count). The van der Waals surface area contributed by atoms with E-state index in [2.05, 4.69) is 20.4 Å². The number of nitrogens with one attached hydrogen (secondary N) is 1. The Morgan fingerprint density at radius 1 is 0.944 bits per heavy atom. The average molecular weight is 489 g/mol. The quantitative estimate of drug-likeness (QED) is 0.291. The fourth-order valence-corrected chi connectivity index (χ4v) is 3.31. The third-order valence-electron chi connectivity index (χ3n) is 5.42. The van der Waals surface area contributed by atoms with Crippen LogP contribution < -0.4 is 10.1 Å². The summed E-state index contributed by atoms with van der Waals surface area (Å²) in [7, 11) is 0. The lowest BCUT2D eigenvalue weighted by molar-refractivity contribution is -0.394. The van der Waals surface area contributed by atoms with Crippen LogP contribution in [0.5, 0.6) is 11.6 Å². The minimum Gasteiger partial charge on any atom is -0.439 e. The first-order chi connectivity index (χ1) is 17.1. The van der Waals surface area contributed by atoms with Crippen molar-refractivity contribution in [2.45, 2.75) is 20.8 Å². The maximum atomic E-state index is 12.6. The van der Waals surface area contributed by atoms with Gasteiger partial charge in [-0.05, 0) is 50.6 Å². The molecule has 0 fully saturated rings. The van der Waals surface area contributed by atoms with Crippen LogP contribution in [0.15, 0.2) is 54.9 Å². The summed E-state index contributed by atoms with van der Waals surface area (Å²) >= 11 is 0. The van der Waals surface area contributed by atoms with E-state index in [0.717, 1.165) is 35.2 Å². The van der Waals surface area contributed by atoms with E-state index >= 15 is 0 Å². The van der Waals surface area contributed by atoms with Crippen molar-refractivity contribution in [3.63, 3.8) is 0 Å². The van der Waals surface area contributed by atoms with Gasteiger partial charge in [-0.15, -0.1) is 0 Å². The number of carbonyl (C=O) groups excluding carboxylic acids is 1. The van der Waals surface area contributed by atoms with Gasteiger partial charge in [0.25, 0.3) is 17.3 Å². The highest BCUT2D eigenvalue weighted by atomic mass is 16.6. The van der Waals surface area contributed by atoms with E-state index in [9.17, 15) is 25.0 Å². The number of ether oxygens (including phenoxy) is 1. The van der Waals surface area contributed by atoms with Gasteiger partial charge in [-0.2, -0.15) is 5.10 Å². The summed E-state index contributed by atoms with van der Waals surface area (Å²) in [6.07, 6.45) is 1.36. The van der Waals surface area contributed by atoms with E-state index in [1.165, 1.54) is 6.33 Å². The van der Waals surface area contributed by atoms with Crippen LogP contribution in [-0.2, 0) is 0 Å².